The molecule has 25 heavy (non-hydrogen) atoms. The monoisotopic (exact) mass is 364 g/mol. The maximum Gasteiger partial charge on any atom is 0.169 e. The van der Waals surface area contributed by atoms with Gasteiger partial charge in [0.2, 0.25) is 0 Å². The topological polar surface area (TPSA) is 17.1 Å². The minimum absolute atomic E-state index is 0.153. The molecule has 1 nitrogen and oxygen atoms in total. The van der Waals surface area contributed by atoms with Gasteiger partial charge in [-0.25, -0.2) is 0 Å². The van der Waals surface area contributed by atoms with Gasteiger partial charge >= 0.3 is 0 Å². The number of carbonyl (C=O) groups is 1. The van der Waals surface area contributed by atoms with E-state index in [1.54, 1.807) is 6.92 Å². The van der Waals surface area contributed by atoms with Crippen LogP contribution in [0, 0.1) is 11.8 Å². The molecule has 0 bridgehead atoms. The van der Waals surface area contributed by atoms with E-state index in [2.05, 4.69) is 34.3 Å². The summed E-state index contributed by atoms with van der Waals surface area (Å²) in [6.45, 7) is 14.2. The van der Waals surface area contributed by atoms with E-state index in [1.807, 2.05) is 17.5 Å². The van der Waals surface area contributed by atoms with Crippen LogP contribution in [0.15, 0.2) is 29.7 Å². The summed E-state index contributed by atoms with van der Waals surface area (Å²) in [5.41, 5.74) is 1.29. The molecule has 0 aromatic carbocycles. The van der Waals surface area contributed by atoms with Crippen LogP contribution in [0.4, 0.5) is 0 Å². The Kier molecular flexibility index (Phi) is 14.8. The Bertz CT molecular complexity index is 445. The molecule has 2 atom stereocenters. The predicted octanol–water partition coefficient (Wildman–Crippen LogP) is 8.32. The number of carbonyl (C=O) groups excluding carboxylic acids is 1. The van der Waals surface area contributed by atoms with E-state index in [0.29, 0.717) is 0 Å². The molecule has 1 aliphatic carbocycles. The molecule has 1 aliphatic rings. The van der Waals surface area contributed by atoms with Crippen molar-refractivity contribution < 1.29 is 4.79 Å². The van der Waals surface area contributed by atoms with Crippen molar-refractivity contribution >= 4 is 17.1 Å². The Balaban J connectivity index is 0.000000365. The van der Waals surface area contributed by atoms with Gasteiger partial charge in [-0.15, -0.1) is 17.9 Å². The first kappa shape index (κ1) is 24.1. The van der Waals surface area contributed by atoms with E-state index in [-0.39, 0.29) is 5.78 Å². The summed E-state index contributed by atoms with van der Waals surface area (Å²) < 4.78 is 0. The first-order valence-electron chi connectivity index (χ1n) is 10.1. The van der Waals surface area contributed by atoms with Gasteiger partial charge in [0.25, 0.3) is 0 Å². The number of allylic oxidation sites excluding steroid dienone is 1. The number of hydrogen-bond donors (Lipinski definition) is 0. The van der Waals surface area contributed by atoms with Gasteiger partial charge in [0.1, 0.15) is 0 Å². The van der Waals surface area contributed by atoms with Gasteiger partial charge in [-0.3, -0.25) is 4.79 Å². The molecule has 1 saturated carbocycles. The highest BCUT2D eigenvalue weighted by Crippen LogP contribution is 2.34. The van der Waals surface area contributed by atoms with Crippen LogP contribution in [0.2, 0.25) is 0 Å². The maximum atomic E-state index is 10.5. The van der Waals surface area contributed by atoms with Crippen LogP contribution < -0.4 is 0 Å². The average molecular weight is 365 g/mol. The third-order valence-electron chi connectivity index (χ3n) is 4.80. The minimum Gasteiger partial charge on any atom is -0.294 e. The molecule has 1 aromatic heterocycles. The average Bonchev–Trinajstić information content (AvgIpc) is 3.11. The Hall–Kier alpha value is -0.890. The van der Waals surface area contributed by atoms with Crippen molar-refractivity contribution in [1.82, 2.24) is 0 Å². The van der Waals surface area contributed by atoms with Gasteiger partial charge in [0.05, 0.1) is 4.88 Å². The summed E-state index contributed by atoms with van der Waals surface area (Å²) in [7, 11) is 0. The van der Waals surface area contributed by atoms with Gasteiger partial charge in [-0.05, 0) is 43.6 Å². The lowest BCUT2D eigenvalue weighted by Gasteiger charge is -2.30. The first-order chi connectivity index (χ1) is 12.0. The van der Waals surface area contributed by atoms with Crippen LogP contribution in [-0.2, 0) is 0 Å². The number of thiophene rings is 1. The Morgan fingerprint density at radius 1 is 1.12 bits per heavy atom. The van der Waals surface area contributed by atoms with Crippen molar-refractivity contribution in [3.63, 3.8) is 0 Å². The zero-order valence-electron chi connectivity index (χ0n) is 17.3. The smallest absolute Gasteiger partial charge is 0.169 e. The largest absolute Gasteiger partial charge is 0.294 e. The zero-order chi connectivity index (χ0) is 19.1. The molecule has 0 spiro atoms. The van der Waals surface area contributed by atoms with Crippen LogP contribution in [0.25, 0.3) is 0 Å². The van der Waals surface area contributed by atoms with Crippen molar-refractivity contribution in [2.24, 2.45) is 11.8 Å². The van der Waals surface area contributed by atoms with Crippen molar-refractivity contribution in [2.45, 2.75) is 92.4 Å². The molecular formula is C23H40OS. The third kappa shape index (κ3) is 12.2. The van der Waals surface area contributed by atoms with E-state index in [9.17, 15) is 4.79 Å². The van der Waals surface area contributed by atoms with Crippen molar-refractivity contribution in [3.05, 3.63) is 34.5 Å². The molecule has 2 rings (SSSR count). The predicted molar refractivity (Wildman–Crippen MR) is 115 cm³/mol. The highest BCUT2D eigenvalue weighted by molar-refractivity contribution is 7.12. The van der Waals surface area contributed by atoms with Gasteiger partial charge in [-0.1, -0.05) is 83.8 Å². The molecule has 0 N–H and O–H groups in total. The molecule has 1 heterocycles. The first-order valence-corrected chi connectivity index (χ1v) is 11.0. The fourth-order valence-corrected chi connectivity index (χ4v) is 4.11. The van der Waals surface area contributed by atoms with Crippen molar-refractivity contribution in [3.8, 4) is 0 Å². The van der Waals surface area contributed by atoms with Gasteiger partial charge in [0, 0.05) is 0 Å². The fourth-order valence-electron chi connectivity index (χ4n) is 3.48. The fraction of sp³-hybridized carbons (Fsp3) is 0.696. The lowest BCUT2D eigenvalue weighted by atomic mass is 9.76. The Morgan fingerprint density at radius 2 is 1.76 bits per heavy atom. The summed E-state index contributed by atoms with van der Waals surface area (Å²) in [6.07, 6.45) is 12.7. The van der Waals surface area contributed by atoms with Crippen LogP contribution >= 0.6 is 11.3 Å². The molecule has 144 valence electrons. The van der Waals surface area contributed by atoms with E-state index >= 15 is 0 Å². The van der Waals surface area contributed by atoms with E-state index in [1.165, 1.54) is 74.7 Å². The number of hydrogen-bond acceptors (Lipinski definition) is 2. The molecule has 0 amide bonds. The van der Waals surface area contributed by atoms with E-state index < -0.39 is 0 Å². The SMILES string of the molecule is C=C(C)CCC.CC(=O)c1cccs1.CCCC1CCCCC1CC. The Labute approximate surface area is 160 Å². The quantitative estimate of drug-likeness (QED) is 0.366. The highest BCUT2D eigenvalue weighted by Gasteiger charge is 2.22. The summed E-state index contributed by atoms with van der Waals surface area (Å²) in [6, 6.07) is 3.70. The molecule has 0 saturated heterocycles. The number of ketones is 1. The molecule has 1 fully saturated rings. The van der Waals surface area contributed by atoms with Gasteiger partial charge < -0.3 is 0 Å². The van der Waals surface area contributed by atoms with Crippen molar-refractivity contribution in [2.75, 3.05) is 0 Å². The summed E-state index contributed by atoms with van der Waals surface area (Å²) in [5.74, 6) is 2.31. The van der Waals surface area contributed by atoms with Crippen LogP contribution in [0.5, 0.6) is 0 Å². The van der Waals surface area contributed by atoms with Crippen LogP contribution in [0.1, 0.15) is 102 Å². The number of Topliss-reactive ketones (excluding diaryl/α,β-unsaturated/α-hetero) is 1. The van der Waals surface area contributed by atoms with Gasteiger partial charge in [-0.2, -0.15) is 0 Å². The summed E-state index contributed by atoms with van der Waals surface area (Å²) in [4.78, 5) is 11.4. The minimum atomic E-state index is 0.153. The molecule has 2 heteroatoms. The number of rotatable bonds is 6. The Morgan fingerprint density at radius 3 is 2.08 bits per heavy atom. The summed E-state index contributed by atoms with van der Waals surface area (Å²) in [5, 5.41) is 1.90. The summed E-state index contributed by atoms with van der Waals surface area (Å²) >= 11 is 1.48. The van der Waals surface area contributed by atoms with E-state index in [4.69, 9.17) is 0 Å². The molecule has 0 radical (unpaired) electrons. The second-order valence-electron chi connectivity index (χ2n) is 7.24. The standard InChI is InChI=1S/C11H22.C6H6OS.C6H12/c1-3-7-11-9-6-5-8-10(11)4-2;1-5(7)6-3-2-4-8-6;1-4-5-6(2)3/h10-11H,3-9H2,1-2H3;2-4H,1H3;2,4-5H2,1,3H3. The molecular weight excluding hydrogens is 324 g/mol. The molecule has 0 aliphatic heterocycles. The second kappa shape index (κ2) is 15.4. The lowest BCUT2D eigenvalue weighted by molar-refractivity contribution is 0.102. The van der Waals surface area contributed by atoms with Crippen LogP contribution in [0.3, 0.4) is 0 Å². The molecule has 1 aromatic rings. The third-order valence-corrected chi connectivity index (χ3v) is 5.77. The van der Waals surface area contributed by atoms with Gasteiger partial charge in [0.15, 0.2) is 5.78 Å². The van der Waals surface area contributed by atoms with E-state index in [0.717, 1.165) is 16.7 Å². The highest BCUT2D eigenvalue weighted by atomic mass is 32.1. The van der Waals surface area contributed by atoms with Crippen LogP contribution in [-0.4, -0.2) is 5.78 Å². The lowest BCUT2D eigenvalue weighted by Crippen LogP contribution is -2.18. The normalized spacial score (nSPS) is 19.1. The molecule has 2 unspecified atom stereocenters. The van der Waals surface area contributed by atoms with Crippen molar-refractivity contribution in [1.29, 1.82) is 0 Å². The zero-order valence-corrected chi connectivity index (χ0v) is 18.1. The second-order valence-corrected chi connectivity index (χ2v) is 8.19. The maximum absolute atomic E-state index is 10.5.